The third-order valence-corrected chi connectivity index (χ3v) is 6.16. The number of unbranched alkanes of at least 4 members (excludes halogenated alkanes) is 1. The maximum absolute atomic E-state index is 13.1. The van der Waals surface area contributed by atoms with Gasteiger partial charge in [0.25, 0.3) is 0 Å². The van der Waals surface area contributed by atoms with Gasteiger partial charge in [0.05, 0.1) is 35.7 Å². The minimum Gasteiger partial charge on any atom is -0.478 e. The number of hydrogen-bond acceptors (Lipinski definition) is 7. The Morgan fingerprint density at radius 1 is 1.00 bits per heavy atom. The molecular weight excluding hydrogens is 525 g/mol. The Balaban J connectivity index is 1.20. The number of fused-ring (bicyclic) bond motifs is 3. The average Bonchev–Trinajstić information content (AvgIpc) is 2.93. The molecule has 0 spiro atoms. The topological polar surface area (TPSA) is 117 Å². The van der Waals surface area contributed by atoms with Gasteiger partial charge in [0, 0.05) is 41.7 Å². The summed E-state index contributed by atoms with van der Waals surface area (Å²) in [4.78, 5) is 20.0. The van der Waals surface area contributed by atoms with Crippen LogP contribution in [0.2, 0.25) is 0 Å². The number of alkyl halides is 3. The molecule has 8 nitrogen and oxygen atoms in total. The SMILES string of the molecule is N#CCc1cc(CNCCCCOCCOc2nc3cc(C(=O)O)ccc3c3cnccc23)cc(C(F)(F)F)c1. The fourth-order valence-electron chi connectivity index (χ4n) is 4.27. The number of carboxylic acid groups (broad SMARTS) is 1. The van der Waals surface area contributed by atoms with Crippen LogP contribution in [0, 0.1) is 11.3 Å². The Bertz CT molecular complexity index is 1540. The second kappa shape index (κ2) is 13.2. The number of ether oxygens (including phenoxy) is 2. The van der Waals surface area contributed by atoms with Gasteiger partial charge >= 0.3 is 12.1 Å². The Kier molecular flexibility index (Phi) is 9.47. The molecule has 2 heterocycles. The van der Waals surface area contributed by atoms with Crippen LogP contribution in [0.25, 0.3) is 21.7 Å². The smallest absolute Gasteiger partial charge is 0.416 e. The molecule has 208 valence electrons. The second-order valence-electron chi connectivity index (χ2n) is 9.09. The van der Waals surface area contributed by atoms with Crippen molar-refractivity contribution in [3.8, 4) is 11.9 Å². The van der Waals surface area contributed by atoms with Gasteiger partial charge in [-0.05, 0) is 60.8 Å². The maximum atomic E-state index is 13.1. The molecule has 4 rings (SSSR count). The number of nitrogens with one attached hydrogen (secondary N) is 1. The molecule has 0 saturated heterocycles. The van der Waals surface area contributed by atoms with Crippen molar-refractivity contribution in [1.29, 1.82) is 5.26 Å². The summed E-state index contributed by atoms with van der Waals surface area (Å²) in [5.41, 5.74) is 0.707. The largest absolute Gasteiger partial charge is 0.478 e. The molecule has 0 bridgehead atoms. The third-order valence-electron chi connectivity index (χ3n) is 6.16. The molecule has 0 aliphatic carbocycles. The molecule has 2 aromatic heterocycles. The summed E-state index contributed by atoms with van der Waals surface area (Å²) in [5, 5.41) is 23.6. The Morgan fingerprint density at radius 3 is 2.60 bits per heavy atom. The minimum absolute atomic E-state index is 0.0754. The van der Waals surface area contributed by atoms with E-state index in [-0.39, 0.29) is 25.1 Å². The lowest BCUT2D eigenvalue weighted by Gasteiger charge is -2.12. The van der Waals surface area contributed by atoms with Gasteiger partial charge in [-0.1, -0.05) is 12.1 Å². The van der Waals surface area contributed by atoms with Gasteiger partial charge in [-0.2, -0.15) is 18.4 Å². The zero-order valence-electron chi connectivity index (χ0n) is 21.5. The normalized spacial score (nSPS) is 11.6. The van der Waals surface area contributed by atoms with Gasteiger partial charge in [-0.15, -0.1) is 0 Å². The fraction of sp³-hybridized carbons (Fsp3) is 0.310. The number of nitrogens with zero attached hydrogens (tertiary/aromatic N) is 3. The van der Waals surface area contributed by atoms with Crippen molar-refractivity contribution in [1.82, 2.24) is 15.3 Å². The number of benzene rings is 2. The highest BCUT2D eigenvalue weighted by molar-refractivity contribution is 6.08. The molecule has 0 radical (unpaired) electrons. The van der Waals surface area contributed by atoms with Crippen LogP contribution in [-0.4, -0.2) is 47.4 Å². The molecule has 0 amide bonds. The highest BCUT2D eigenvalue weighted by atomic mass is 19.4. The molecule has 0 aliphatic rings. The van der Waals surface area contributed by atoms with E-state index in [1.54, 1.807) is 30.6 Å². The molecule has 2 aromatic carbocycles. The maximum Gasteiger partial charge on any atom is 0.416 e. The number of rotatable bonds is 13. The highest BCUT2D eigenvalue weighted by Gasteiger charge is 2.31. The molecule has 0 saturated carbocycles. The molecule has 4 aromatic rings. The highest BCUT2D eigenvalue weighted by Crippen LogP contribution is 2.32. The van der Waals surface area contributed by atoms with Gasteiger partial charge in [0.2, 0.25) is 5.88 Å². The minimum atomic E-state index is -4.46. The van der Waals surface area contributed by atoms with Crippen LogP contribution in [0.15, 0.2) is 54.9 Å². The van der Waals surface area contributed by atoms with E-state index in [4.69, 9.17) is 14.7 Å². The molecule has 0 aliphatic heterocycles. The van der Waals surface area contributed by atoms with Crippen molar-refractivity contribution in [3.05, 3.63) is 77.1 Å². The first-order chi connectivity index (χ1) is 19.3. The molecular formula is C29H27F3N4O4. The summed E-state index contributed by atoms with van der Waals surface area (Å²) in [5.74, 6) is -0.672. The number of nitriles is 1. The fourth-order valence-corrected chi connectivity index (χ4v) is 4.27. The zero-order chi connectivity index (χ0) is 28.5. The molecule has 0 fully saturated rings. The molecule has 40 heavy (non-hydrogen) atoms. The standard InChI is InChI=1S/C29H27F3N4O4/c30-29(31,32)22-14-19(5-7-33)13-20(15-22)17-34-8-1-2-10-39-11-12-40-27-24-6-9-35-18-25(24)23-4-3-21(28(37)38)16-26(23)36-27/h3-4,6,9,13-16,18,34H,1-2,5,8,10-12,17H2,(H,37,38). The van der Waals surface area contributed by atoms with E-state index < -0.39 is 17.7 Å². The number of aromatic nitrogens is 2. The van der Waals surface area contributed by atoms with Crippen LogP contribution in [0.5, 0.6) is 5.88 Å². The number of pyridine rings is 2. The summed E-state index contributed by atoms with van der Waals surface area (Å²) in [7, 11) is 0. The predicted molar refractivity (Wildman–Crippen MR) is 142 cm³/mol. The Labute approximate surface area is 228 Å². The lowest BCUT2D eigenvalue weighted by molar-refractivity contribution is -0.137. The zero-order valence-corrected chi connectivity index (χ0v) is 21.5. The van der Waals surface area contributed by atoms with Crippen molar-refractivity contribution < 1.29 is 32.5 Å². The van der Waals surface area contributed by atoms with Gasteiger partial charge in [-0.25, -0.2) is 9.78 Å². The number of aromatic carboxylic acids is 1. The number of hydrogen-bond donors (Lipinski definition) is 2. The monoisotopic (exact) mass is 552 g/mol. The van der Waals surface area contributed by atoms with Crippen molar-refractivity contribution in [2.45, 2.75) is 32.0 Å². The van der Waals surface area contributed by atoms with E-state index in [1.807, 2.05) is 6.07 Å². The van der Waals surface area contributed by atoms with E-state index in [0.717, 1.165) is 41.1 Å². The van der Waals surface area contributed by atoms with Crippen molar-refractivity contribution >= 4 is 27.6 Å². The molecule has 2 N–H and O–H groups in total. The summed E-state index contributed by atoms with van der Waals surface area (Å²) in [6, 6.07) is 12.2. The van der Waals surface area contributed by atoms with Gasteiger partial charge < -0.3 is 19.9 Å². The number of halogens is 3. The first-order valence-corrected chi connectivity index (χ1v) is 12.7. The van der Waals surface area contributed by atoms with Crippen molar-refractivity contribution in [3.63, 3.8) is 0 Å². The van der Waals surface area contributed by atoms with E-state index in [2.05, 4.69) is 15.3 Å². The van der Waals surface area contributed by atoms with E-state index >= 15 is 0 Å². The number of carbonyl (C=O) groups is 1. The summed E-state index contributed by atoms with van der Waals surface area (Å²) >= 11 is 0. The van der Waals surface area contributed by atoms with Gasteiger partial charge in [0.15, 0.2) is 0 Å². The van der Waals surface area contributed by atoms with Crippen LogP contribution in [0.4, 0.5) is 13.2 Å². The predicted octanol–water partition coefficient (Wildman–Crippen LogP) is 5.53. The molecule has 11 heteroatoms. The van der Waals surface area contributed by atoms with Crippen LogP contribution in [0.1, 0.15) is 39.9 Å². The lowest BCUT2D eigenvalue weighted by Crippen LogP contribution is -2.17. The van der Waals surface area contributed by atoms with E-state index in [9.17, 15) is 23.1 Å². The Morgan fingerprint density at radius 2 is 1.82 bits per heavy atom. The third kappa shape index (κ3) is 7.43. The number of carboxylic acids is 1. The quantitative estimate of drug-likeness (QED) is 0.164. The average molecular weight is 553 g/mol. The van der Waals surface area contributed by atoms with E-state index in [1.165, 1.54) is 12.1 Å². The van der Waals surface area contributed by atoms with Gasteiger partial charge in [-0.3, -0.25) is 4.98 Å². The summed E-state index contributed by atoms with van der Waals surface area (Å²) in [6.07, 6.45) is 0.303. The molecule has 0 unspecified atom stereocenters. The van der Waals surface area contributed by atoms with Gasteiger partial charge in [0.1, 0.15) is 6.61 Å². The van der Waals surface area contributed by atoms with E-state index in [0.29, 0.717) is 42.3 Å². The Hall–Kier alpha value is -4.27. The molecule has 0 atom stereocenters. The van der Waals surface area contributed by atoms with Crippen LogP contribution in [0.3, 0.4) is 0 Å². The first-order valence-electron chi connectivity index (χ1n) is 12.7. The van der Waals surface area contributed by atoms with Crippen LogP contribution >= 0.6 is 0 Å². The summed E-state index contributed by atoms with van der Waals surface area (Å²) < 4.78 is 50.9. The lowest BCUT2D eigenvalue weighted by atomic mass is 10.0. The van der Waals surface area contributed by atoms with Crippen molar-refractivity contribution in [2.75, 3.05) is 26.4 Å². The van der Waals surface area contributed by atoms with Crippen LogP contribution < -0.4 is 10.1 Å². The first kappa shape index (κ1) is 28.7. The van der Waals surface area contributed by atoms with Crippen molar-refractivity contribution in [2.24, 2.45) is 0 Å². The summed E-state index contributed by atoms with van der Waals surface area (Å²) in [6.45, 7) is 1.92. The second-order valence-corrected chi connectivity index (χ2v) is 9.09. The van der Waals surface area contributed by atoms with Crippen LogP contribution in [-0.2, 0) is 23.9 Å².